The summed E-state index contributed by atoms with van der Waals surface area (Å²) in [5.41, 5.74) is 0.830. The molecule has 0 saturated carbocycles. The van der Waals surface area contributed by atoms with Crippen LogP contribution in [0.15, 0.2) is 33.8 Å². The van der Waals surface area contributed by atoms with Gasteiger partial charge in [0, 0.05) is 42.4 Å². The number of hydrogen-bond acceptors (Lipinski definition) is 3. The Morgan fingerprint density at radius 1 is 1.38 bits per heavy atom. The summed E-state index contributed by atoms with van der Waals surface area (Å²) in [6, 6.07) is 3.18. The molecule has 0 aliphatic rings. The molecule has 114 valence electrons. The molecular formula is C12H12BrF2N3O2S. The number of aryl methyl sites for hydroxylation is 1. The van der Waals surface area contributed by atoms with E-state index < -0.39 is 26.6 Å². The highest BCUT2D eigenvalue weighted by Gasteiger charge is 2.23. The lowest BCUT2D eigenvalue weighted by Crippen LogP contribution is -2.27. The third kappa shape index (κ3) is 3.66. The number of aromatic nitrogens is 2. The molecule has 9 heteroatoms. The number of sulfonamides is 1. The lowest BCUT2D eigenvalue weighted by Gasteiger charge is -2.09. The molecule has 2 rings (SSSR count). The van der Waals surface area contributed by atoms with Crippen molar-refractivity contribution in [2.75, 3.05) is 6.54 Å². The van der Waals surface area contributed by atoms with E-state index in [2.05, 4.69) is 25.8 Å². The minimum atomic E-state index is -4.07. The van der Waals surface area contributed by atoms with Crippen molar-refractivity contribution >= 4 is 26.0 Å². The molecule has 0 aliphatic carbocycles. The van der Waals surface area contributed by atoms with Crippen LogP contribution in [0.25, 0.3) is 0 Å². The van der Waals surface area contributed by atoms with E-state index in [9.17, 15) is 17.2 Å². The van der Waals surface area contributed by atoms with Crippen molar-refractivity contribution in [3.63, 3.8) is 0 Å². The average molecular weight is 380 g/mol. The van der Waals surface area contributed by atoms with Gasteiger partial charge >= 0.3 is 0 Å². The number of benzene rings is 1. The van der Waals surface area contributed by atoms with Crippen LogP contribution in [0.5, 0.6) is 0 Å². The summed E-state index contributed by atoms with van der Waals surface area (Å²) in [7, 11) is -2.34. The average Bonchev–Trinajstić information content (AvgIpc) is 2.73. The van der Waals surface area contributed by atoms with Crippen LogP contribution in [-0.4, -0.2) is 24.7 Å². The molecule has 0 amide bonds. The summed E-state index contributed by atoms with van der Waals surface area (Å²) in [5.74, 6) is -2.00. The molecule has 0 spiro atoms. The van der Waals surface area contributed by atoms with E-state index in [0.717, 1.165) is 11.8 Å². The quantitative estimate of drug-likeness (QED) is 0.863. The van der Waals surface area contributed by atoms with Crippen molar-refractivity contribution in [3.8, 4) is 0 Å². The summed E-state index contributed by atoms with van der Waals surface area (Å²) in [6.07, 6.45) is 2.00. The SMILES string of the molecule is Cn1nccc1CCNS(=O)(=O)c1c(F)cc(F)cc1Br. The fourth-order valence-corrected chi connectivity index (χ4v) is 4.01. The maximum absolute atomic E-state index is 13.7. The monoisotopic (exact) mass is 379 g/mol. The normalized spacial score (nSPS) is 11.8. The second kappa shape index (κ2) is 6.20. The molecule has 21 heavy (non-hydrogen) atoms. The summed E-state index contributed by atoms with van der Waals surface area (Å²) < 4.78 is 54.5. The van der Waals surface area contributed by atoms with Gasteiger partial charge in [-0.05, 0) is 28.1 Å². The topological polar surface area (TPSA) is 64.0 Å². The van der Waals surface area contributed by atoms with Crippen molar-refractivity contribution in [2.45, 2.75) is 11.3 Å². The highest BCUT2D eigenvalue weighted by Crippen LogP contribution is 2.26. The van der Waals surface area contributed by atoms with Crippen LogP contribution in [-0.2, 0) is 23.5 Å². The van der Waals surface area contributed by atoms with E-state index >= 15 is 0 Å². The van der Waals surface area contributed by atoms with Gasteiger partial charge in [0.15, 0.2) is 0 Å². The van der Waals surface area contributed by atoms with Gasteiger partial charge in [-0.15, -0.1) is 0 Å². The maximum atomic E-state index is 13.7. The van der Waals surface area contributed by atoms with Crippen LogP contribution >= 0.6 is 15.9 Å². The highest BCUT2D eigenvalue weighted by molar-refractivity contribution is 9.10. The summed E-state index contributed by atoms with van der Waals surface area (Å²) in [6.45, 7) is 0.0745. The molecular weight excluding hydrogens is 368 g/mol. The largest absolute Gasteiger partial charge is 0.273 e. The predicted octanol–water partition coefficient (Wildman–Crippen LogP) is 1.98. The minimum absolute atomic E-state index is 0.0745. The fraction of sp³-hybridized carbons (Fsp3) is 0.250. The zero-order valence-corrected chi connectivity index (χ0v) is 13.4. The van der Waals surface area contributed by atoms with Gasteiger partial charge in [-0.3, -0.25) is 4.68 Å². The number of halogens is 3. The Bertz CT molecular complexity index is 739. The van der Waals surface area contributed by atoms with Gasteiger partial charge in [0.1, 0.15) is 16.5 Å². The number of nitrogens with zero attached hydrogens (tertiary/aromatic N) is 2. The molecule has 0 atom stereocenters. The second-order valence-corrected chi connectivity index (χ2v) is 6.85. The second-order valence-electron chi connectivity index (χ2n) is 4.29. The highest BCUT2D eigenvalue weighted by atomic mass is 79.9. The Morgan fingerprint density at radius 3 is 2.67 bits per heavy atom. The molecule has 1 aromatic heterocycles. The Morgan fingerprint density at radius 2 is 2.10 bits per heavy atom. The molecule has 1 N–H and O–H groups in total. The van der Waals surface area contributed by atoms with E-state index in [4.69, 9.17) is 0 Å². The zero-order chi connectivity index (χ0) is 15.6. The number of nitrogens with one attached hydrogen (secondary N) is 1. The van der Waals surface area contributed by atoms with Crippen molar-refractivity contribution in [2.24, 2.45) is 7.05 Å². The summed E-state index contributed by atoms with van der Waals surface area (Å²) in [5, 5.41) is 3.96. The molecule has 1 heterocycles. The summed E-state index contributed by atoms with van der Waals surface area (Å²) >= 11 is 2.86. The third-order valence-electron chi connectivity index (χ3n) is 2.83. The van der Waals surface area contributed by atoms with Crippen molar-refractivity contribution in [1.29, 1.82) is 0 Å². The van der Waals surface area contributed by atoms with Crippen molar-refractivity contribution in [1.82, 2.24) is 14.5 Å². The number of hydrogen-bond donors (Lipinski definition) is 1. The zero-order valence-electron chi connectivity index (χ0n) is 11.0. The van der Waals surface area contributed by atoms with E-state index in [1.807, 2.05) is 0 Å². The first-order valence-corrected chi connectivity index (χ1v) is 8.20. The predicted molar refractivity (Wildman–Crippen MR) is 76.2 cm³/mol. The van der Waals surface area contributed by atoms with Crippen LogP contribution in [0.1, 0.15) is 5.69 Å². The first-order chi connectivity index (χ1) is 9.81. The molecule has 0 saturated heterocycles. The molecule has 5 nitrogen and oxygen atoms in total. The Balaban J connectivity index is 2.14. The standard InChI is InChI=1S/C12H12BrF2N3O2S/c1-18-9(2-4-16-18)3-5-17-21(19,20)12-10(13)6-8(14)7-11(12)15/h2,4,6-7,17H,3,5H2,1H3. The molecule has 2 aromatic rings. The van der Waals surface area contributed by atoms with E-state index in [-0.39, 0.29) is 11.0 Å². The van der Waals surface area contributed by atoms with Gasteiger partial charge in [0.25, 0.3) is 0 Å². The number of rotatable bonds is 5. The fourth-order valence-electron chi connectivity index (χ4n) is 1.82. The Kier molecular flexibility index (Phi) is 4.74. The third-order valence-corrected chi connectivity index (χ3v) is 5.25. The molecule has 0 aliphatic heterocycles. The van der Waals surface area contributed by atoms with E-state index in [1.54, 1.807) is 24.0 Å². The molecule has 0 unspecified atom stereocenters. The van der Waals surface area contributed by atoms with Crippen LogP contribution in [0.2, 0.25) is 0 Å². The van der Waals surface area contributed by atoms with Gasteiger partial charge in [0.2, 0.25) is 10.0 Å². The Hall–Kier alpha value is -1.32. The van der Waals surface area contributed by atoms with E-state index in [1.165, 1.54) is 0 Å². The molecule has 0 fully saturated rings. The minimum Gasteiger partial charge on any atom is -0.273 e. The summed E-state index contributed by atoms with van der Waals surface area (Å²) in [4.78, 5) is -0.603. The van der Waals surface area contributed by atoms with Gasteiger partial charge < -0.3 is 0 Å². The van der Waals surface area contributed by atoms with Crippen LogP contribution in [0.3, 0.4) is 0 Å². The smallest absolute Gasteiger partial charge is 0.244 e. The maximum Gasteiger partial charge on any atom is 0.244 e. The lowest BCUT2D eigenvalue weighted by atomic mass is 10.3. The lowest BCUT2D eigenvalue weighted by molar-refractivity contribution is 0.540. The molecule has 1 aromatic carbocycles. The van der Waals surface area contributed by atoms with E-state index in [0.29, 0.717) is 12.5 Å². The van der Waals surface area contributed by atoms with Gasteiger partial charge in [-0.1, -0.05) is 0 Å². The first kappa shape index (κ1) is 16.1. The van der Waals surface area contributed by atoms with Gasteiger partial charge in [-0.25, -0.2) is 21.9 Å². The van der Waals surface area contributed by atoms with Gasteiger partial charge in [-0.2, -0.15) is 5.10 Å². The van der Waals surface area contributed by atoms with Crippen molar-refractivity contribution in [3.05, 3.63) is 46.2 Å². The molecule has 0 bridgehead atoms. The van der Waals surface area contributed by atoms with Gasteiger partial charge in [0.05, 0.1) is 0 Å². The molecule has 0 radical (unpaired) electrons. The van der Waals surface area contributed by atoms with Crippen LogP contribution in [0, 0.1) is 11.6 Å². The Labute approximate surface area is 129 Å². The van der Waals surface area contributed by atoms with Crippen LogP contribution in [0.4, 0.5) is 8.78 Å². The van der Waals surface area contributed by atoms with Crippen molar-refractivity contribution < 1.29 is 17.2 Å². The first-order valence-electron chi connectivity index (χ1n) is 5.92. The van der Waals surface area contributed by atoms with Crippen LogP contribution < -0.4 is 4.72 Å².